The van der Waals surface area contributed by atoms with Gasteiger partial charge >= 0.3 is 208 Å². The summed E-state index contributed by atoms with van der Waals surface area (Å²) in [6.07, 6.45) is 4.69. The van der Waals surface area contributed by atoms with Gasteiger partial charge in [-0.05, 0) is 0 Å². The topological polar surface area (TPSA) is 0 Å². The summed E-state index contributed by atoms with van der Waals surface area (Å²) >= 11 is 2.99. The first kappa shape index (κ1) is 23.7. The SMILES string of the molecule is CC1=Cc2c(C)cc(Br)cc2[CH]1[Zr]([Cl])([Cl])([CH]1C(C)=Cc2c(C)cc(Br)cc21)[SiH](C)C. The first-order valence-corrected chi connectivity index (χ1v) is 28.3. The Morgan fingerprint density at radius 2 is 1.10 bits per heavy atom. The Kier molecular flexibility index (Phi) is 6.17. The Bertz CT molecular complexity index is 1070. The summed E-state index contributed by atoms with van der Waals surface area (Å²) < 4.78 is 2.54. The van der Waals surface area contributed by atoms with Gasteiger partial charge in [0.15, 0.2) is 0 Å². The molecule has 2 aromatic carbocycles. The number of aryl methyl sites for hydroxylation is 2. The molecular formula is C24H27Br2Cl2SiZr. The van der Waals surface area contributed by atoms with Gasteiger partial charge in [-0.25, -0.2) is 0 Å². The Morgan fingerprint density at radius 1 is 0.733 bits per heavy atom. The normalized spacial score (nSPS) is 21.8. The van der Waals surface area contributed by atoms with Crippen LogP contribution in [0.2, 0.25) is 13.1 Å². The van der Waals surface area contributed by atoms with Gasteiger partial charge in [0, 0.05) is 0 Å². The molecule has 6 heteroatoms. The average Bonchev–Trinajstić information content (AvgIpc) is 3.12. The quantitative estimate of drug-likeness (QED) is 0.287. The molecule has 0 N–H and O–H groups in total. The molecule has 0 heterocycles. The van der Waals surface area contributed by atoms with Crippen LogP contribution in [0.25, 0.3) is 12.2 Å². The van der Waals surface area contributed by atoms with Gasteiger partial charge in [-0.2, -0.15) is 0 Å². The van der Waals surface area contributed by atoms with E-state index in [1.54, 1.807) is 0 Å². The fraction of sp³-hybridized carbons (Fsp3) is 0.333. The van der Waals surface area contributed by atoms with E-state index in [1.807, 2.05) is 0 Å². The van der Waals surface area contributed by atoms with Gasteiger partial charge in [-0.1, -0.05) is 0 Å². The van der Waals surface area contributed by atoms with Crippen LogP contribution in [0.3, 0.4) is 0 Å². The van der Waals surface area contributed by atoms with E-state index >= 15 is 0 Å². The third-order valence-electron chi connectivity index (χ3n) is 7.25. The van der Waals surface area contributed by atoms with Crippen LogP contribution in [0.1, 0.15) is 54.5 Å². The van der Waals surface area contributed by atoms with Gasteiger partial charge in [0.1, 0.15) is 0 Å². The zero-order valence-corrected chi connectivity index (χ0v) is 26.5. The summed E-state index contributed by atoms with van der Waals surface area (Å²) in [7, 11) is 16.2. The molecule has 0 nitrogen and oxygen atoms in total. The van der Waals surface area contributed by atoms with Crippen molar-refractivity contribution < 1.29 is 15.6 Å². The van der Waals surface area contributed by atoms with Crippen molar-refractivity contribution in [3.8, 4) is 0 Å². The molecule has 0 aliphatic heterocycles. The minimum atomic E-state index is -4.47. The zero-order chi connectivity index (χ0) is 22.2. The first-order valence-electron chi connectivity index (χ1n) is 10.4. The van der Waals surface area contributed by atoms with E-state index < -0.39 is 21.5 Å². The van der Waals surface area contributed by atoms with Crippen LogP contribution in [-0.2, 0) is 15.6 Å². The molecule has 0 saturated heterocycles. The first-order chi connectivity index (χ1) is 13.9. The third kappa shape index (κ3) is 3.34. The van der Waals surface area contributed by atoms with Crippen LogP contribution in [-0.4, -0.2) is 5.92 Å². The van der Waals surface area contributed by atoms with Crippen molar-refractivity contribution in [3.05, 3.63) is 77.7 Å². The molecule has 2 aliphatic carbocycles. The number of benzene rings is 2. The van der Waals surface area contributed by atoms with E-state index in [0.717, 1.165) is 8.95 Å². The Morgan fingerprint density at radius 3 is 1.43 bits per heavy atom. The molecule has 159 valence electrons. The summed E-state index contributed by atoms with van der Waals surface area (Å²) in [5.74, 6) is -1.45. The monoisotopic (exact) mass is 661 g/mol. The van der Waals surface area contributed by atoms with Crippen molar-refractivity contribution in [2.75, 3.05) is 0 Å². The number of hydrogen-bond donors (Lipinski definition) is 0. The maximum absolute atomic E-state index is 8.12. The van der Waals surface area contributed by atoms with E-state index in [2.05, 4.69) is 109 Å². The summed E-state index contributed by atoms with van der Waals surface area (Å²) in [5.41, 5.74) is 10.6. The van der Waals surface area contributed by atoms with E-state index in [1.165, 1.54) is 44.5 Å². The predicted octanol–water partition coefficient (Wildman–Crippen LogP) is 9.43. The molecule has 2 unspecified atom stereocenters. The second-order valence-electron chi connectivity index (χ2n) is 9.47. The van der Waals surface area contributed by atoms with Gasteiger partial charge in [-0.15, -0.1) is 0 Å². The van der Waals surface area contributed by atoms with Crippen molar-refractivity contribution in [1.82, 2.24) is 0 Å². The zero-order valence-electron chi connectivity index (χ0n) is 18.2. The molecule has 0 spiro atoms. The van der Waals surface area contributed by atoms with Gasteiger partial charge in [0.2, 0.25) is 0 Å². The summed E-state index contributed by atoms with van der Waals surface area (Å²) in [6, 6.07) is 8.94. The molecule has 0 fully saturated rings. The molecule has 2 aliphatic rings. The standard InChI is InChI=1S/2C11H10Br.C2H7Si.2ClH.Zr/c2*1-7-3-9-6-10(12)5-8(2)11(9)4-7;1-3-2;;;/h2*3-6H,1-2H3;3H,1-2H3;2*1H;/q;;;;;+2/p-2. The Labute approximate surface area is 206 Å². The van der Waals surface area contributed by atoms with Gasteiger partial charge < -0.3 is 0 Å². The fourth-order valence-electron chi connectivity index (χ4n) is 5.84. The second kappa shape index (κ2) is 7.81. The van der Waals surface area contributed by atoms with Gasteiger partial charge in [0.05, 0.1) is 0 Å². The van der Waals surface area contributed by atoms with Crippen LogP contribution in [0.15, 0.2) is 44.4 Å². The van der Waals surface area contributed by atoms with Crippen LogP contribution in [0.4, 0.5) is 0 Å². The van der Waals surface area contributed by atoms with Gasteiger partial charge in [0.25, 0.3) is 0 Å². The van der Waals surface area contributed by atoms with E-state index in [4.69, 9.17) is 17.0 Å². The predicted molar refractivity (Wildman–Crippen MR) is 141 cm³/mol. The molecule has 0 radical (unpaired) electrons. The van der Waals surface area contributed by atoms with Crippen LogP contribution < -0.4 is 0 Å². The second-order valence-corrected chi connectivity index (χ2v) is 53.8. The number of hydrogen-bond acceptors (Lipinski definition) is 0. The average molecular weight is 666 g/mol. The number of allylic oxidation sites excluding steroid dienone is 2. The molecule has 4 rings (SSSR count). The molecule has 0 saturated carbocycles. The number of rotatable bonds is 3. The number of fused-ring (bicyclic) bond motifs is 2. The van der Waals surface area contributed by atoms with Crippen molar-refractivity contribution in [2.24, 2.45) is 0 Å². The summed E-state index contributed by atoms with van der Waals surface area (Å²) in [5, 5.41) is 0. The maximum atomic E-state index is 8.12. The summed E-state index contributed by atoms with van der Waals surface area (Å²) in [6.45, 7) is 13.6. The number of halogens is 4. The van der Waals surface area contributed by atoms with E-state index in [0.29, 0.717) is 0 Å². The van der Waals surface area contributed by atoms with E-state index in [-0.39, 0.29) is 7.25 Å². The van der Waals surface area contributed by atoms with Crippen molar-refractivity contribution in [1.29, 1.82) is 0 Å². The molecule has 0 amide bonds. The van der Waals surface area contributed by atoms with Crippen molar-refractivity contribution in [3.63, 3.8) is 0 Å². The molecule has 2 atom stereocenters. The molecule has 2 aromatic rings. The van der Waals surface area contributed by atoms with Crippen molar-refractivity contribution in [2.45, 2.75) is 48.0 Å². The summed E-state index contributed by atoms with van der Waals surface area (Å²) in [4.78, 5) is 0. The van der Waals surface area contributed by atoms with Crippen LogP contribution in [0, 0.1) is 13.8 Å². The Hall–Kier alpha value is 0.560. The molecular weight excluding hydrogens is 638 g/mol. The van der Waals surface area contributed by atoms with Crippen molar-refractivity contribution >= 4 is 67.0 Å². The van der Waals surface area contributed by atoms with Crippen LogP contribution >= 0.6 is 48.9 Å². The van der Waals surface area contributed by atoms with Crippen LogP contribution in [0.5, 0.6) is 0 Å². The Balaban J connectivity index is 2.03. The molecule has 0 aromatic heterocycles. The molecule has 30 heavy (non-hydrogen) atoms. The van der Waals surface area contributed by atoms with Gasteiger partial charge in [-0.3, -0.25) is 0 Å². The molecule has 0 bridgehead atoms. The third-order valence-corrected chi connectivity index (χ3v) is 60.4. The minimum absolute atomic E-state index is 0.159. The fourth-order valence-corrected chi connectivity index (χ4v) is 39.9. The van der Waals surface area contributed by atoms with E-state index in [9.17, 15) is 0 Å².